The maximum absolute atomic E-state index is 13.0. The zero-order chi connectivity index (χ0) is 22.7. The fourth-order valence-electron chi connectivity index (χ4n) is 3.09. The fraction of sp³-hybridized carbons (Fsp3) is 0.391. The molecule has 1 unspecified atom stereocenters. The van der Waals surface area contributed by atoms with E-state index in [1.54, 1.807) is 29.1 Å². The van der Waals surface area contributed by atoms with Gasteiger partial charge in [-0.15, -0.1) is 0 Å². The number of nitrogens with zero attached hydrogens (tertiary/aromatic N) is 3. The fourth-order valence-corrected chi connectivity index (χ4v) is 3.09. The molecule has 1 N–H and O–H groups in total. The Balaban J connectivity index is 1.77. The van der Waals surface area contributed by atoms with Crippen molar-refractivity contribution in [2.24, 2.45) is 0 Å². The van der Waals surface area contributed by atoms with Gasteiger partial charge in [-0.1, -0.05) is 26.0 Å². The number of carbonyl (C=O) groups excluding carboxylic acids is 2. The van der Waals surface area contributed by atoms with Crippen LogP contribution in [0, 0.1) is 5.82 Å². The van der Waals surface area contributed by atoms with Crippen molar-refractivity contribution in [3.05, 3.63) is 59.2 Å². The predicted molar refractivity (Wildman–Crippen MR) is 115 cm³/mol. The van der Waals surface area contributed by atoms with Crippen molar-refractivity contribution in [3.8, 4) is 0 Å². The SMILES string of the molecule is CC(OC(=O)c1cc(C(C)C)nc2c1cnn2C(C)C)C(=O)NCc1ccc(F)cc1. The number of benzene rings is 1. The molecule has 0 aliphatic heterocycles. The highest BCUT2D eigenvalue weighted by atomic mass is 19.1. The number of aromatic nitrogens is 3. The lowest BCUT2D eigenvalue weighted by Crippen LogP contribution is -2.35. The highest BCUT2D eigenvalue weighted by Gasteiger charge is 2.23. The van der Waals surface area contributed by atoms with E-state index < -0.39 is 18.0 Å². The van der Waals surface area contributed by atoms with Crippen molar-refractivity contribution in [1.29, 1.82) is 0 Å². The Morgan fingerprint density at radius 3 is 2.42 bits per heavy atom. The molecule has 0 spiro atoms. The molecule has 8 heteroatoms. The van der Waals surface area contributed by atoms with Crippen LogP contribution in [-0.2, 0) is 16.1 Å². The summed E-state index contributed by atoms with van der Waals surface area (Å²) in [4.78, 5) is 30.0. The number of ether oxygens (including phenoxy) is 1. The topological polar surface area (TPSA) is 86.1 Å². The van der Waals surface area contributed by atoms with E-state index in [4.69, 9.17) is 4.74 Å². The van der Waals surface area contributed by atoms with Gasteiger partial charge >= 0.3 is 5.97 Å². The zero-order valence-corrected chi connectivity index (χ0v) is 18.3. The molecule has 1 atom stereocenters. The first kappa shape index (κ1) is 22.4. The molecular weight excluding hydrogens is 399 g/mol. The molecule has 31 heavy (non-hydrogen) atoms. The van der Waals surface area contributed by atoms with Crippen LogP contribution >= 0.6 is 0 Å². The van der Waals surface area contributed by atoms with Crippen LogP contribution in [0.2, 0.25) is 0 Å². The van der Waals surface area contributed by atoms with Gasteiger partial charge in [-0.25, -0.2) is 18.9 Å². The van der Waals surface area contributed by atoms with E-state index in [0.717, 1.165) is 11.3 Å². The monoisotopic (exact) mass is 426 g/mol. The van der Waals surface area contributed by atoms with Crippen LogP contribution in [0.4, 0.5) is 4.39 Å². The number of rotatable bonds is 7. The Labute approximate surface area is 180 Å². The summed E-state index contributed by atoms with van der Waals surface area (Å²) in [6.07, 6.45) is 0.598. The molecule has 2 aromatic heterocycles. The maximum Gasteiger partial charge on any atom is 0.339 e. The molecule has 1 aromatic carbocycles. The van der Waals surface area contributed by atoms with Crippen LogP contribution in [0.25, 0.3) is 11.0 Å². The number of hydrogen-bond donors (Lipinski definition) is 1. The lowest BCUT2D eigenvalue weighted by Gasteiger charge is -2.15. The zero-order valence-electron chi connectivity index (χ0n) is 18.3. The highest BCUT2D eigenvalue weighted by Crippen LogP contribution is 2.25. The number of carbonyl (C=O) groups is 2. The van der Waals surface area contributed by atoms with Crippen LogP contribution in [-0.4, -0.2) is 32.7 Å². The third-order valence-electron chi connectivity index (χ3n) is 4.92. The van der Waals surface area contributed by atoms with E-state index >= 15 is 0 Å². The highest BCUT2D eigenvalue weighted by molar-refractivity contribution is 6.03. The Bertz CT molecular complexity index is 1090. The summed E-state index contributed by atoms with van der Waals surface area (Å²) in [6.45, 7) is 9.68. The van der Waals surface area contributed by atoms with Gasteiger partial charge in [0.25, 0.3) is 5.91 Å². The van der Waals surface area contributed by atoms with Crippen LogP contribution in [0.1, 0.15) is 68.2 Å². The summed E-state index contributed by atoms with van der Waals surface area (Å²) in [6, 6.07) is 7.59. The molecule has 0 aliphatic carbocycles. The molecule has 1 amide bonds. The predicted octanol–water partition coefficient (Wildman–Crippen LogP) is 4.14. The van der Waals surface area contributed by atoms with E-state index in [1.807, 2.05) is 27.7 Å². The first-order valence-electron chi connectivity index (χ1n) is 10.3. The van der Waals surface area contributed by atoms with E-state index in [1.165, 1.54) is 19.1 Å². The molecule has 0 saturated carbocycles. The first-order valence-corrected chi connectivity index (χ1v) is 10.3. The molecule has 0 aliphatic rings. The van der Waals surface area contributed by atoms with Gasteiger partial charge in [0.1, 0.15) is 5.82 Å². The van der Waals surface area contributed by atoms with Crippen molar-refractivity contribution in [2.45, 2.75) is 59.2 Å². The van der Waals surface area contributed by atoms with Crippen molar-refractivity contribution in [3.63, 3.8) is 0 Å². The molecular formula is C23H27FN4O3. The third kappa shape index (κ3) is 5.07. The van der Waals surface area contributed by atoms with Gasteiger partial charge in [-0.2, -0.15) is 5.10 Å². The summed E-state index contributed by atoms with van der Waals surface area (Å²) in [5, 5.41) is 7.64. The van der Waals surface area contributed by atoms with E-state index in [0.29, 0.717) is 16.6 Å². The average Bonchev–Trinajstić information content (AvgIpc) is 3.16. The van der Waals surface area contributed by atoms with E-state index in [-0.39, 0.29) is 24.3 Å². The van der Waals surface area contributed by atoms with Crippen LogP contribution in [0.5, 0.6) is 0 Å². The quantitative estimate of drug-likeness (QED) is 0.574. The molecule has 3 rings (SSSR count). The van der Waals surface area contributed by atoms with Gasteiger partial charge < -0.3 is 10.1 Å². The molecule has 0 radical (unpaired) electrons. The standard InChI is InChI=1S/C23H27FN4O3/c1-13(2)20-10-18(19-12-26-28(14(3)4)21(19)27-20)23(30)31-15(5)22(29)25-11-16-6-8-17(24)9-7-16/h6-10,12-15H,11H2,1-5H3,(H,25,29). The van der Waals surface area contributed by atoms with Crippen LogP contribution < -0.4 is 5.32 Å². The van der Waals surface area contributed by atoms with Crippen molar-refractivity contribution in [2.75, 3.05) is 0 Å². The average molecular weight is 426 g/mol. The summed E-state index contributed by atoms with van der Waals surface area (Å²) in [5.41, 5.74) is 2.43. The Kier molecular flexibility index (Phi) is 6.68. The molecule has 0 fully saturated rings. The van der Waals surface area contributed by atoms with Gasteiger partial charge in [0.15, 0.2) is 11.8 Å². The molecule has 3 aromatic rings. The summed E-state index contributed by atoms with van der Waals surface area (Å²) < 4.78 is 20.2. The minimum atomic E-state index is -1.00. The number of esters is 1. The van der Waals surface area contributed by atoms with Crippen LogP contribution in [0.3, 0.4) is 0 Å². The lowest BCUT2D eigenvalue weighted by atomic mass is 10.1. The second kappa shape index (κ2) is 9.24. The normalized spacial score (nSPS) is 12.4. The number of nitrogens with one attached hydrogen (secondary N) is 1. The number of halogens is 1. The largest absolute Gasteiger partial charge is 0.449 e. The molecule has 0 saturated heterocycles. The van der Waals surface area contributed by atoms with Crippen molar-refractivity contribution >= 4 is 22.9 Å². The van der Waals surface area contributed by atoms with Crippen molar-refractivity contribution in [1.82, 2.24) is 20.1 Å². The third-order valence-corrected chi connectivity index (χ3v) is 4.92. The summed E-state index contributed by atoms with van der Waals surface area (Å²) >= 11 is 0. The van der Waals surface area contributed by atoms with Crippen LogP contribution in [0.15, 0.2) is 36.5 Å². The number of hydrogen-bond acceptors (Lipinski definition) is 5. The summed E-state index contributed by atoms with van der Waals surface area (Å²) in [7, 11) is 0. The first-order chi connectivity index (χ1) is 14.7. The second-order valence-corrected chi connectivity index (χ2v) is 8.06. The Morgan fingerprint density at radius 2 is 1.81 bits per heavy atom. The second-order valence-electron chi connectivity index (χ2n) is 8.06. The van der Waals surface area contributed by atoms with Crippen molar-refractivity contribution < 1.29 is 18.7 Å². The maximum atomic E-state index is 13.0. The van der Waals surface area contributed by atoms with Gasteiger partial charge in [0.2, 0.25) is 0 Å². The Hall–Kier alpha value is -3.29. The minimum absolute atomic E-state index is 0.0763. The Morgan fingerprint density at radius 1 is 1.13 bits per heavy atom. The van der Waals surface area contributed by atoms with E-state index in [9.17, 15) is 14.0 Å². The number of amides is 1. The minimum Gasteiger partial charge on any atom is -0.449 e. The molecule has 164 valence electrons. The van der Waals surface area contributed by atoms with Gasteiger partial charge in [0.05, 0.1) is 17.1 Å². The molecule has 0 bridgehead atoms. The molecule has 2 heterocycles. The van der Waals surface area contributed by atoms with Gasteiger partial charge in [0, 0.05) is 18.3 Å². The summed E-state index contributed by atoms with van der Waals surface area (Å²) in [5.74, 6) is -1.29. The lowest BCUT2D eigenvalue weighted by molar-refractivity contribution is -0.129. The number of pyridine rings is 1. The smallest absolute Gasteiger partial charge is 0.339 e. The molecule has 7 nitrogen and oxygen atoms in total. The van der Waals surface area contributed by atoms with E-state index in [2.05, 4.69) is 15.4 Å². The van der Waals surface area contributed by atoms with Gasteiger partial charge in [-0.3, -0.25) is 4.79 Å². The van der Waals surface area contributed by atoms with Gasteiger partial charge in [-0.05, 0) is 50.5 Å². The number of fused-ring (bicyclic) bond motifs is 1.